The maximum Gasteiger partial charge on any atom is 0.0468 e. The van der Waals surface area contributed by atoms with E-state index in [2.05, 4.69) is 58.3 Å². The Hall–Kier alpha value is -0.800. The highest BCUT2D eigenvalue weighted by atomic mass is 79.9. The van der Waals surface area contributed by atoms with Crippen LogP contribution in [-0.4, -0.2) is 18.1 Å². The van der Waals surface area contributed by atoms with Crippen molar-refractivity contribution in [1.29, 1.82) is 0 Å². The fourth-order valence-electron chi connectivity index (χ4n) is 2.95. The lowest BCUT2D eigenvalue weighted by Crippen LogP contribution is -2.26. The number of aromatic nitrogens is 1. The Morgan fingerprint density at radius 2 is 1.95 bits per heavy atom. The van der Waals surface area contributed by atoms with Gasteiger partial charge in [-0.25, -0.2) is 0 Å². The van der Waals surface area contributed by atoms with Gasteiger partial charge in [0, 0.05) is 27.0 Å². The second kappa shape index (κ2) is 5.29. The highest BCUT2D eigenvalue weighted by molar-refractivity contribution is 9.10. The van der Waals surface area contributed by atoms with Crippen LogP contribution in [0.2, 0.25) is 0 Å². The first-order valence-electron chi connectivity index (χ1n) is 7.18. The molecule has 2 aromatic rings. The van der Waals surface area contributed by atoms with Crippen LogP contribution >= 0.6 is 15.9 Å². The minimum atomic E-state index is 0.577. The molecule has 0 spiro atoms. The molecular formula is C16H21BrN2. The largest absolute Gasteiger partial charge is 0.357 e. The Kier molecular flexibility index (Phi) is 3.68. The van der Waals surface area contributed by atoms with Crippen molar-refractivity contribution in [3.8, 4) is 0 Å². The van der Waals surface area contributed by atoms with Crippen LogP contribution in [-0.2, 0) is 0 Å². The molecule has 1 aliphatic rings. The first kappa shape index (κ1) is 13.2. The zero-order chi connectivity index (χ0) is 13.4. The van der Waals surface area contributed by atoms with Gasteiger partial charge in [0.15, 0.2) is 0 Å². The SMILES string of the molecule is CC(C)c1ccc2[nH]c(C3CCNCC3)c(Br)c2c1. The summed E-state index contributed by atoms with van der Waals surface area (Å²) < 4.78 is 1.27. The van der Waals surface area contributed by atoms with E-state index in [1.165, 1.54) is 39.5 Å². The molecule has 0 saturated carbocycles. The summed E-state index contributed by atoms with van der Waals surface area (Å²) in [6.07, 6.45) is 2.45. The number of piperidine rings is 1. The molecule has 1 fully saturated rings. The van der Waals surface area contributed by atoms with Crippen molar-refractivity contribution in [3.05, 3.63) is 33.9 Å². The van der Waals surface area contributed by atoms with Crippen LogP contribution in [0, 0.1) is 0 Å². The molecule has 2 nitrogen and oxygen atoms in total. The van der Waals surface area contributed by atoms with Crippen molar-refractivity contribution in [3.63, 3.8) is 0 Å². The van der Waals surface area contributed by atoms with Gasteiger partial charge in [-0.3, -0.25) is 0 Å². The fraction of sp³-hybridized carbons (Fsp3) is 0.500. The molecule has 0 radical (unpaired) electrons. The van der Waals surface area contributed by atoms with Crippen LogP contribution in [0.15, 0.2) is 22.7 Å². The van der Waals surface area contributed by atoms with Gasteiger partial charge in [0.1, 0.15) is 0 Å². The van der Waals surface area contributed by atoms with Crippen LogP contribution in [0.5, 0.6) is 0 Å². The van der Waals surface area contributed by atoms with E-state index in [0.29, 0.717) is 11.8 Å². The zero-order valence-corrected chi connectivity index (χ0v) is 13.2. The summed E-state index contributed by atoms with van der Waals surface area (Å²) >= 11 is 3.82. The second-order valence-electron chi connectivity index (χ2n) is 5.84. The van der Waals surface area contributed by atoms with E-state index in [9.17, 15) is 0 Å². The highest BCUT2D eigenvalue weighted by Gasteiger charge is 2.21. The number of H-pyrrole nitrogens is 1. The maximum absolute atomic E-state index is 3.82. The summed E-state index contributed by atoms with van der Waals surface area (Å²) in [5, 5.41) is 4.77. The molecule has 3 rings (SSSR count). The van der Waals surface area contributed by atoms with Gasteiger partial charge in [-0.2, -0.15) is 0 Å². The van der Waals surface area contributed by atoms with Crippen molar-refractivity contribution in [2.45, 2.75) is 38.5 Å². The minimum absolute atomic E-state index is 0.577. The lowest BCUT2D eigenvalue weighted by atomic mass is 9.94. The van der Waals surface area contributed by atoms with E-state index in [-0.39, 0.29) is 0 Å². The number of benzene rings is 1. The number of rotatable bonds is 2. The summed E-state index contributed by atoms with van der Waals surface area (Å²) in [4.78, 5) is 3.63. The van der Waals surface area contributed by atoms with E-state index in [1.807, 2.05) is 0 Å². The van der Waals surface area contributed by atoms with Gasteiger partial charge in [0.05, 0.1) is 0 Å². The van der Waals surface area contributed by atoms with Crippen molar-refractivity contribution in [2.24, 2.45) is 0 Å². The van der Waals surface area contributed by atoms with Gasteiger partial charge < -0.3 is 10.3 Å². The third-order valence-electron chi connectivity index (χ3n) is 4.20. The fourth-order valence-corrected chi connectivity index (χ4v) is 3.70. The lowest BCUT2D eigenvalue weighted by Gasteiger charge is -2.22. The number of aromatic amines is 1. The van der Waals surface area contributed by atoms with Crippen LogP contribution in [0.4, 0.5) is 0 Å². The van der Waals surface area contributed by atoms with E-state index >= 15 is 0 Å². The van der Waals surface area contributed by atoms with E-state index < -0.39 is 0 Å². The molecule has 3 heteroatoms. The molecule has 2 heterocycles. The number of hydrogen-bond acceptors (Lipinski definition) is 1. The normalized spacial score (nSPS) is 17.5. The Balaban J connectivity index is 2.04. The Bertz CT molecular complexity index is 580. The first-order chi connectivity index (χ1) is 9.16. The van der Waals surface area contributed by atoms with E-state index in [4.69, 9.17) is 0 Å². The smallest absolute Gasteiger partial charge is 0.0468 e. The van der Waals surface area contributed by atoms with Gasteiger partial charge in [-0.1, -0.05) is 19.9 Å². The monoisotopic (exact) mass is 320 g/mol. The molecule has 1 saturated heterocycles. The zero-order valence-electron chi connectivity index (χ0n) is 11.6. The standard InChI is InChI=1S/C16H21BrN2/c1-10(2)12-3-4-14-13(9-12)15(17)16(19-14)11-5-7-18-8-6-11/h3-4,9-11,18-19H,5-8H2,1-2H3. The Morgan fingerprint density at radius 3 is 2.63 bits per heavy atom. The van der Waals surface area contributed by atoms with Gasteiger partial charge in [-0.05, 0) is 65.5 Å². The molecule has 0 unspecified atom stereocenters. The number of hydrogen-bond donors (Lipinski definition) is 2. The molecule has 0 aliphatic carbocycles. The van der Waals surface area contributed by atoms with Crippen molar-refractivity contribution < 1.29 is 0 Å². The summed E-state index contributed by atoms with van der Waals surface area (Å²) in [7, 11) is 0. The van der Waals surface area contributed by atoms with Gasteiger partial charge >= 0.3 is 0 Å². The van der Waals surface area contributed by atoms with Crippen molar-refractivity contribution in [1.82, 2.24) is 10.3 Å². The van der Waals surface area contributed by atoms with Crippen molar-refractivity contribution >= 4 is 26.8 Å². The van der Waals surface area contributed by atoms with Crippen molar-refractivity contribution in [2.75, 3.05) is 13.1 Å². The minimum Gasteiger partial charge on any atom is -0.357 e. The molecular weight excluding hydrogens is 300 g/mol. The maximum atomic E-state index is 3.82. The first-order valence-corrected chi connectivity index (χ1v) is 7.98. The second-order valence-corrected chi connectivity index (χ2v) is 6.63. The number of halogens is 1. The number of fused-ring (bicyclic) bond motifs is 1. The molecule has 1 aromatic carbocycles. The lowest BCUT2D eigenvalue weighted by molar-refractivity contribution is 0.454. The topological polar surface area (TPSA) is 27.8 Å². The molecule has 19 heavy (non-hydrogen) atoms. The average Bonchev–Trinajstić information content (AvgIpc) is 2.77. The van der Waals surface area contributed by atoms with Crippen LogP contribution in [0.25, 0.3) is 10.9 Å². The third-order valence-corrected chi connectivity index (χ3v) is 5.05. The molecule has 1 aromatic heterocycles. The van der Waals surface area contributed by atoms with Crippen LogP contribution in [0.1, 0.15) is 49.8 Å². The molecule has 0 bridgehead atoms. The summed E-state index contributed by atoms with van der Waals surface area (Å²) in [5.74, 6) is 1.24. The predicted octanol–water partition coefficient (Wildman–Crippen LogP) is 4.52. The van der Waals surface area contributed by atoms with Gasteiger partial charge in [0.25, 0.3) is 0 Å². The van der Waals surface area contributed by atoms with Crippen LogP contribution < -0.4 is 5.32 Å². The highest BCUT2D eigenvalue weighted by Crippen LogP contribution is 2.37. The Morgan fingerprint density at radius 1 is 1.21 bits per heavy atom. The summed E-state index contributed by atoms with van der Waals surface area (Å²) in [6, 6.07) is 6.79. The van der Waals surface area contributed by atoms with Crippen LogP contribution in [0.3, 0.4) is 0 Å². The Labute approximate surface area is 123 Å². The van der Waals surface area contributed by atoms with Gasteiger partial charge in [0.2, 0.25) is 0 Å². The molecule has 102 valence electrons. The number of nitrogens with one attached hydrogen (secondary N) is 2. The molecule has 0 amide bonds. The summed E-state index contributed by atoms with van der Waals surface area (Å²) in [5.41, 5.74) is 4.05. The quantitative estimate of drug-likeness (QED) is 0.836. The predicted molar refractivity (Wildman–Crippen MR) is 84.9 cm³/mol. The van der Waals surface area contributed by atoms with E-state index in [0.717, 1.165) is 13.1 Å². The third kappa shape index (κ3) is 2.46. The molecule has 0 atom stereocenters. The van der Waals surface area contributed by atoms with E-state index in [1.54, 1.807) is 0 Å². The average molecular weight is 321 g/mol. The summed E-state index contributed by atoms with van der Waals surface area (Å²) in [6.45, 7) is 6.75. The van der Waals surface area contributed by atoms with Gasteiger partial charge in [-0.15, -0.1) is 0 Å². The molecule has 2 N–H and O–H groups in total. The molecule has 1 aliphatic heterocycles.